The molecule has 1 aromatic carbocycles. The topological polar surface area (TPSA) is 55.6 Å². The molecule has 19 heavy (non-hydrogen) atoms. The van der Waals surface area contributed by atoms with Crippen molar-refractivity contribution >= 4 is 39.3 Å². The highest BCUT2D eigenvalue weighted by Gasteiger charge is 2.10. The first-order valence-electron chi connectivity index (χ1n) is 5.50. The number of benzene rings is 1. The van der Waals surface area contributed by atoms with Gasteiger partial charge in [-0.2, -0.15) is 0 Å². The predicted molar refractivity (Wildman–Crippen MR) is 79.2 cm³/mol. The number of nitrogens with one attached hydrogen (secondary N) is 1. The van der Waals surface area contributed by atoms with Crippen LogP contribution in [0.2, 0.25) is 0 Å². The molecule has 0 fully saturated rings. The average Bonchev–Trinajstić information content (AvgIpc) is 2.74. The Labute approximate surface area is 121 Å². The second-order valence-corrected chi connectivity index (χ2v) is 5.40. The molecule has 0 saturated heterocycles. The van der Waals surface area contributed by atoms with Gasteiger partial charge in [0.1, 0.15) is 5.65 Å². The molecular weight excluding hydrogens is 328 g/mol. The van der Waals surface area contributed by atoms with Crippen LogP contribution in [-0.2, 0) is 7.05 Å². The number of fused-ring (bicyclic) bond motifs is 1. The van der Waals surface area contributed by atoms with Crippen molar-refractivity contribution in [2.45, 2.75) is 0 Å². The van der Waals surface area contributed by atoms with Crippen LogP contribution >= 0.6 is 28.1 Å². The summed E-state index contributed by atoms with van der Waals surface area (Å²) in [6, 6.07) is 7.37. The molecule has 1 N–H and O–H groups in total. The third-order valence-electron chi connectivity index (χ3n) is 2.86. The number of aromatic nitrogens is 4. The Balaban J connectivity index is 2.39. The number of H-pyrrole nitrogens is 1. The first-order chi connectivity index (χ1) is 9.08. The maximum atomic E-state index is 12.4. The predicted octanol–water partition coefficient (Wildman–Crippen LogP) is 2.54. The van der Waals surface area contributed by atoms with Gasteiger partial charge in [-0.15, -0.1) is 0 Å². The highest BCUT2D eigenvalue weighted by atomic mass is 79.9. The number of rotatable bonds is 1. The van der Waals surface area contributed by atoms with E-state index in [2.05, 4.69) is 25.9 Å². The van der Waals surface area contributed by atoms with Crippen molar-refractivity contribution in [2.24, 2.45) is 7.05 Å². The molecule has 2 heterocycles. The molecule has 7 heteroatoms. The lowest BCUT2D eigenvalue weighted by molar-refractivity contribution is 0.897. The van der Waals surface area contributed by atoms with Crippen LogP contribution in [-0.4, -0.2) is 19.1 Å². The molecule has 0 aliphatic heterocycles. The third-order valence-corrected chi connectivity index (χ3v) is 3.67. The number of halogens is 1. The van der Waals surface area contributed by atoms with Gasteiger partial charge in [-0.3, -0.25) is 9.36 Å². The van der Waals surface area contributed by atoms with E-state index in [4.69, 9.17) is 12.2 Å². The van der Waals surface area contributed by atoms with Crippen LogP contribution in [0.5, 0.6) is 0 Å². The van der Waals surface area contributed by atoms with E-state index in [1.807, 2.05) is 31.3 Å². The molecule has 0 bridgehead atoms. The fraction of sp³-hybridized carbons (Fsp3) is 0.0833. The molecule has 3 rings (SSSR count). The molecule has 5 nitrogen and oxygen atoms in total. The van der Waals surface area contributed by atoms with Crippen molar-refractivity contribution in [3.8, 4) is 5.69 Å². The number of nitrogens with zero attached hydrogens (tertiary/aromatic N) is 3. The summed E-state index contributed by atoms with van der Waals surface area (Å²) in [4.78, 5) is 19.6. The average molecular weight is 337 g/mol. The molecule has 0 radical (unpaired) electrons. The summed E-state index contributed by atoms with van der Waals surface area (Å²) >= 11 is 8.62. The largest absolute Gasteiger partial charge is 0.320 e. The normalized spacial score (nSPS) is 11.1. The summed E-state index contributed by atoms with van der Waals surface area (Å²) in [5.41, 5.74) is 1.49. The quantitative estimate of drug-likeness (QED) is 0.695. The Morgan fingerprint density at radius 1 is 1.32 bits per heavy atom. The zero-order valence-corrected chi connectivity index (χ0v) is 12.3. The van der Waals surface area contributed by atoms with Gasteiger partial charge in [-0.25, -0.2) is 4.98 Å². The molecule has 0 spiro atoms. The lowest BCUT2D eigenvalue weighted by Gasteiger charge is -2.06. The summed E-state index contributed by atoms with van der Waals surface area (Å²) in [6.45, 7) is 0. The monoisotopic (exact) mass is 336 g/mol. The highest BCUT2D eigenvalue weighted by molar-refractivity contribution is 9.10. The minimum atomic E-state index is -0.221. The van der Waals surface area contributed by atoms with E-state index in [0.717, 1.165) is 4.47 Å². The first-order valence-corrected chi connectivity index (χ1v) is 6.70. The van der Waals surface area contributed by atoms with Crippen LogP contribution in [0.4, 0.5) is 0 Å². The van der Waals surface area contributed by atoms with Crippen LogP contribution in [0.3, 0.4) is 0 Å². The van der Waals surface area contributed by atoms with Gasteiger partial charge in [0.25, 0.3) is 5.56 Å². The number of aryl methyl sites for hydroxylation is 1. The standard InChI is InChI=1S/C12H9BrN4OS/c1-16-6-14-9-10(16)15-12(19)17(11(9)18)8-4-2-7(13)3-5-8/h2-6H,1H3,(H,15,19). The van der Waals surface area contributed by atoms with Gasteiger partial charge in [-0.1, -0.05) is 15.9 Å². The summed E-state index contributed by atoms with van der Waals surface area (Å²) in [5, 5.41) is 0. The Morgan fingerprint density at radius 3 is 2.68 bits per heavy atom. The maximum absolute atomic E-state index is 12.4. The van der Waals surface area contributed by atoms with Gasteiger partial charge < -0.3 is 9.55 Å². The van der Waals surface area contributed by atoms with Crippen molar-refractivity contribution in [3.63, 3.8) is 0 Å². The van der Waals surface area contributed by atoms with Crippen molar-refractivity contribution in [3.05, 3.63) is 50.2 Å². The van der Waals surface area contributed by atoms with Crippen LogP contribution in [0, 0.1) is 4.77 Å². The molecule has 2 aromatic heterocycles. The fourth-order valence-electron chi connectivity index (χ4n) is 1.91. The van der Waals surface area contributed by atoms with E-state index < -0.39 is 0 Å². The minimum Gasteiger partial charge on any atom is -0.320 e. The zero-order chi connectivity index (χ0) is 13.6. The van der Waals surface area contributed by atoms with E-state index in [9.17, 15) is 4.79 Å². The number of aromatic amines is 1. The lowest BCUT2D eigenvalue weighted by Crippen LogP contribution is -2.20. The number of imidazole rings is 1. The van der Waals surface area contributed by atoms with Crippen LogP contribution in [0.1, 0.15) is 0 Å². The maximum Gasteiger partial charge on any atom is 0.287 e. The van der Waals surface area contributed by atoms with E-state index >= 15 is 0 Å². The SMILES string of the molecule is Cn1cnc2c(=O)n(-c3ccc(Br)cc3)c(=S)[nH]c21. The number of hydrogen-bond donors (Lipinski definition) is 1. The molecule has 96 valence electrons. The second kappa shape index (κ2) is 4.43. The second-order valence-electron chi connectivity index (χ2n) is 4.10. The summed E-state index contributed by atoms with van der Waals surface area (Å²) < 4.78 is 4.47. The van der Waals surface area contributed by atoms with Crippen molar-refractivity contribution in [1.82, 2.24) is 19.1 Å². The van der Waals surface area contributed by atoms with Gasteiger partial charge in [0.2, 0.25) is 0 Å². The molecule has 0 aliphatic rings. The molecule has 0 atom stereocenters. The zero-order valence-electron chi connectivity index (χ0n) is 9.92. The van der Waals surface area contributed by atoms with Crippen LogP contribution < -0.4 is 5.56 Å². The Morgan fingerprint density at radius 2 is 2.00 bits per heavy atom. The van der Waals surface area contributed by atoms with E-state index in [0.29, 0.717) is 21.6 Å². The van der Waals surface area contributed by atoms with E-state index in [1.165, 1.54) is 4.57 Å². The van der Waals surface area contributed by atoms with Crippen molar-refractivity contribution < 1.29 is 0 Å². The summed E-state index contributed by atoms with van der Waals surface area (Å²) in [5.74, 6) is 0. The van der Waals surface area contributed by atoms with Gasteiger partial charge in [0, 0.05) is 11.5 Å². The van der Waals surface area contributed by atoms with Gasteiger partial charge in [-0.05, 0) is 36.5 Å². The molecular formula is C12H9BrN4OS. The highest BCUT2D eigenvalue weighted by Crippen LogP contribution is 2.14. The Bertz CT molecular complexity index is 875. The minimum absolute atomic E-state index is 0.221. The number of hydrogen-bond acceptors (Lipinski definition) is 3. The molecule has 0 unspecified atom stereocenters. The van der Waals surface area contributed by atoms with Gasteiger partial charge in [0.15, 0.2) is 10.3 Å². The van der Waals surface area contributed by atoms with Gasteiger partial charge >= 0.3 is 0 Å². The molecule has 0 aliphatic carbocycles. The molecule has 0 saturated carbocycles. The Hall–Kier alpha value is -1.73. The van der Waals surface area contributed by atoms with Crippen LogP contribution in [0.25, 0.3) is 16.9 Å². The summed E-state index contributed by atoms with van der Waals surface area (Å²) in [7, 11) is 1.81. The smallest absolute Gasteiger partial charge is 0.287 e. The fourth-order valence-corrected chi connectivity index (χ4v) is 2.46. The van der Waals surface area contributed by atoms with Crippen molar-refractivity contribution in [1.29, 1.82) is 0 Å². The van der Waals surface area contributed by atoms with Crippen molar-refractivity contribution in [2.75, 3.05) is 0 Å². The summed E-state index contributed by atoms with van der Waals surface area (Å²) in [6.07, 6.45) is 1.59. The Kier molecular flexibility index (Phi) is 2.87. The molecule has 3 aromatic rings. The van der Waals surface area contributed by atoms with E-state index in [-0.39, 0.29) is 5.56 Å². The van der Waals surface area contributed by atoms with Gasteiger partial charge in [0.05, 0.1) is 12.0 Å². The lowest BCUT2D eigenvalue weighted by atomic mass is 10.3. The molecule has 0 amide bonds. The van der Waals surface area contributed by atoms with E-state index in [1.54, 1.807) is 10.9 Å². The third kappa shape index (κ3) is 1.95. The first kappa shape index (κ1) is 12.3. The van der Waals surface area contributed by atoms with Crippen LogP contribution in [0.15, 0.2) is 39.9 Å².